The Labute approximate surface area is 83.6 Å². The van der Waals surface area contributed by atoms with Crippen molar-refractivity contribution in [3.05, 3.63) is 48.6 Å². The number of hydrogen-bond acceptors (Lipinski definition) is 3. The van der Waals surface area contributed by atoms with Gasteiger partial charge in [0.05, 0.1) is 12.7 Å². The van der Waals surface area contributed by atoms with E-state index in [1.807, 2.05) is 0 Å². The fraction of sp³-hybridized carbons (Fsp3) is 0.0909. The van der Waals surface area contributed by atoms with Crippen LogP contribution in [0.4, 0.5) is 0 Å². The molecule has 0 aliphatic heterocycles. The fourth-order valence-corrected chi connectivity index (χ4v) is 0.762. The zero-order valence-electron chi connectivity index (χ0n) is 8.12. The SMILES string of the molecule is C=C/C=C(C=C)/C=C(/C=O)C(=N)OC. The van der Waals surface area contributed by atoms with Crippen LogP contribution >= 0.6 is 0 Å². The molecule has 0 saturated heterocycles. The van der Waals surface area contributed by atoms with Gasteiger partial charge in [0.1, 0.15) is 0 Å². The second-order valence-corrected chi connectivity index (χ2v) is 2.36. The van der Waals surface area contributed by atoms with Crippen molar-refractivity contribution in [1.82, 2.24) is 0 Å². The molecule has 0 aromatic carbocycles. The Hall–Kier alpha value is -1.90. The molecule has 3 heteroatoms. The van der Waals surface area contributed by atoms with Crippen LogP contribution in [0.3, 0.4) is 0 Å². The van der Waals surface area contributed by atoms with Gasteiger partial charge in [0.15, 0.2) is 6.29 Å². The van der Waals surface area contributed by atoms with E-state index in [0.29, 0.717) is 11.9 Å². The van der Waals surface area contributed by atoms with Gasteiger partial charge < -0.3 is 4.74 Å². The number of aldehydes is 1. The van der Waals surface area contributed by atoms with E-state index in [0.717, 1.165) is 0 Å². The Morgan fingerprint density at radius 2 is 2.07 bits per heavy atom. The quantitative estimate of drug-likeness (QED) is 0.238. The summed E-state index contributed by atoms with van der Waals surface area (Å²) in [6.45, 7) is 7.08. The first kappa shape index (κ1) is 12.1. The van der Waals surface area contributed by atoms with Crippen LogP contribution in [0.5, 0.6) is 0 Å². The number of carbonyl (C=O) groups is 1. The van der Waals surface area contributed by atoms with E-state index in [1.165, 1.54) is 13.2 Å². The molecule has 0 aromatic rings. The molecule has 0 aliphatic rings. The van der Waals surface area contributed by atoms with Crippen LogP contribution in [-0.2, 0) is 9.53 Å². The van der Waals surface area contributed by atoms with Crippen molar-refractivity contribution in [2.75, 3.05) is 7.11 Å². The van der Waals surface area contributed by atoms with E-state index in [2.05, 4.69) is 17.9 Å². The summed E-state index contributed by atoms with van der Waals surface area (Å²) in [5.41, 5.74) is 0.865. The minimum Gasteiger partial charge on any atom is -0.481 e. The lowest BCUT2D eigenvalue weighted by molar-refractivity contribution is -0.104. The highest BCUT2D eigenvalue weighted by Crippen LogP contribution is 2.04. The highest BCUT2D eigenvalue weighted by atomic mass is 16.5. The number of rotatable bonds is 5. The lowest BCUT2D eigenvalue weighted by Crippen LogP contribution is -2.04. The zero-order chi connectivity index (χ0) is 11.0. The molecule has 0 amide bonds. The minimum absolute atomic E-state index is 0.167. The predicted molar refractivity (Wildman–Crippen MR) is 57.4 cm³/mol. The summed E-state index contributed by atoms with van der Waals surface area (Å²) in [5.74, 6) is -0.170. The maximum Gasteiger partial charge on any atom is 0.216 e. The van der Waals surface area contributed by atoms with Crippen molar-refractivity contribution >= 4 is 12.2 Å². The number of nitrogens with one attached hydrogen (secondary N) is 1. The first-order valence-electron chi connectivity index (χ1n) is 3.94. The third-order valence-electron chi connectivity index (χ3n) is 1.46. The van der Waals surface area contributed by atoms with Crippen molar-refractivity contribution in [3.63, 3.8) is 0 Å². The fourth-order valence-electron chi connectivity index (χ4n) is 0.762. The second-order valence-electron chi connectivity index (χ2n) is 2.36. The van der Waals surface area contributed by atoms with Gasteiger partial charge in [0.2, 0.25) is 5.90 Å². The number of methoxy groups -OCH3 is 1. The zero-order valence-corrected chi connectivity index (χ0v) is 8.12. The molecular formula is C11H13NO2. The highest BCUT2D eigenvalue weighted by molar-refractivity contribution is 6.09. The molecule has 0 saturated carbocycles. The summed E-state index contributed by atoms with van der Waals surface area (Å²) in [6, 6.07) is 0. The molecule has 0 aromatic heterocycles. The Kier molecular flexibility index (Phi) is 5.70. The van der Waals surface area contributed by atoms with Gasteiger partial charge in [-0.2, -0.15) is 0 Å². The Morgan fingerprint density at radius 3 is 2.43 bits per heavy atom. The number of hydrogen-bond donors (Lipinski definition) is 1. The van der Waals surface area contributed by atoms with E-state index in [-0.39, 0.29) is 11.5 Å². The van der Waals surface area contributed by atoms with Crippen LogP contribution in [0.1, 0.15) is 0 Å². The van der Waals surface area contributed by atoms with Gasteiger partial charge in [-0.25, -0.2) is 0 Å². The number of carbonyl (C=O) groups excluding carboxylic acids is 1. The summed E-state index contributed by atoms with van der Waals surface area (Å²) in [7, 11) is 1.34. The lowest BCUT2D eigenvalue weighted by atomic mass is 10.1. The molecule has 0 atom stereocenters. The van der Waals surface area contributed by atoms with Gasteiger partial charge in [-0.05, 0) is 11.6 Å². The summed E-state index contributed by atoms with van der Waals surface area (Å²) in [5, 5.41) is 7.29. The average molecular weight is 191 g/mol. The third-order valence-corrected chi connectivity index (χ3v) is 1.46. The molecule has 0 rings (SSSR count). The van der Waals surface area contributed by atoms with Crippen LogP contribution < -0.4 is 0 Å². The van der Waals surface area contributed by atoms with Crippen LogP contribution in [0.15, 0.2) is 48.6 Å². The number of allylic oxidation sites excluding steroid dienone is 5. The molecule has 0 aliphatic carbocycles. The molecule has 1 N–H and O–H groups in total. The molecular weight excluding hydrogens is 178 g/mol. The van der Waals surface area contributed by atoms with Crippen molar-refractivity contribution in [2.24, 2.45) is 0 Å². The first-order chi connectivity index (χ1) is 6.69. The van der Waals surface area contributed by atoms with Crippen LogP contribution in [0, 0.1) is 5.41 Å². The molecule has 0 fully saturated rings. The van der Waals surface area contributed by atoms with E-state index in [4.69, 9.17) is 5.41 Å². The standard InChI is InChI=1S/C11H13NO2/c1-4-6-9(5-2)7-10(8-13)11(12)14-3/h4-8,12H,1-2H2,3H3/b9-6+,10-7-,12-11?. The van der Waals surface area contributed by atoms with Gasteiger partial charge in [0.25, 0.3) is 0 Å². The number of ether oxygens (including phenoxy) is 1. The van der Waals surface area contributed by atoms with E-state index in [9.17, 15) is 4.79 Å². The molecule has 0 spiro atoms. The Bertz CT molecular complexity index is 311. The van der Waals surface area contributed by atoms with Crippen molar-refractivity contribution in [3.8, 4) is 0 Å². The summed E-state index contributed by atoms with van der Waals surface area (Å²) in [4.78, 5) is 10.6. The molecule has 74 valence electrons. The molecule has 3 nitrogen and oxygen atoms in total. The smallest absolute Gasteiger partial charge is 0.216 e. The van der Waals surface area contributed by atoms with Crippen molar-refractivity contribution in [1.29, 1.82) is 5.41 Å². The van der Waals surface area contributed by atoms with Crippen LogP contribution in [0.25, 0.3) is 0 Å². The molecule has 0 heterocycles. The molecule has 0 radical (unpaired) electrons. The summed E-state index contributed by atoms with van der Waals surface area (Å²) >= 11 is 0. The topological polar surface area (TPSA) is 50.2 Å². The largest absolute Gasteiger partial charge is 0.481 e. The maximum absolute atomic E-state index is 10.6. The van der Waals surface area contributed by atoms with Gasteiger partial charge >= 0.3 is 0 Å². The summed E-state index contributed by atoms with van der Waals surface area (Å²) < 4.78 is 4.62. The average Bonchev–Trinajstić information content (AvgIpc) is 2.23. The summed E-state index contributed by atoms with van der Waals surface area (Å²) in [6.07, 6.45) is 6.89. The predicted octanol–water partition coefficient (Wildman–Crippen LogP) is 2.03. The van der Waals surface area contributed by atoms with Gasteiger partial charge in [-0.3, -0.25) is 10.2 Å². The minimum atomic E-state index is -0.170. The van der Waals surface area contributed by atoms with E-state index >= 15 is 0 Å². The molecule has 0 unspecified atom stereocenters. The second kappa shape index (κ2) is 6.60. The van der Waals surface area contributed by atoms with Crippen molar-refractivity contribution in [2.45, 2.75) is 0 Å². The third kappa shape index (κ3) is 3.67. The van der Waals surface area contributed by atoms with E-state index in [1.54, 1.807) is 18.2 Å². The lowest BCUT2D eigenvalue weighted by Gasteiger charge is -2.00. The van der Waals surface area contributed by atoms with E-state index < -0.39 is 0 Å². The van der Waals surface area contributed by atoms with Gasteiger partial charge in [-0.15, -0.1) is 0 Å². The van der Waals surface area contributed by atoms with Crippen LogP contribution in [-0.4, -0.2) is 19.3 Å². The van der Waals surface area contributed by atoms with Gasteiger partial charge in [-0.1, -0.05) is 31.4 Å². The maximum atomic E-state index is 10.6. The van der Waals surface area contributed by atoms with Crippen molar-refractivity contribution < 1.29 is 9.53 Å². The molecule has 0 bridgehead atoms. The van der Waals surface area contributed by atoms with Gasteiger partial charge in [0, 0.05) is 0 Å². The highest BCUT2D eigenvalue weighted by Gasteiger charge is 2.03. The monoisotopic (exact) mass is 191 g/mol. The Balaban J connectivity index is 4.99. The molecule has 14 heavy (non-hydrogen) atoms. The van der Waals surface area contributed by atoms with Crippen LogP contribution in [0.2, 0.25) is 0 Å². The Morgan fingerprint density at radius 1 is 1.43 bits per heavy atom. The first-order valence-corrected chi connectivity index (χ1v) is 3.94. The normalized spacial score (nSPS) is 11.8.